The molecule has 27 heavy (non-hydrogen) atoms. The summed E-state index contributed by atoms with van der Waals surface area (Å²) >= 11 is 0. The Bertz CT molecular complexity index is 886. The zero-order valence-corrected chi connectivity index (χ0v) is 15.7. The molecule has 2 aliphatic carbocycles. The Labute approximate surface area is 160 Å². The van der Waals surface area contributed by atoms with Gasteiger partial charge in [-0.3, -0.25) is 9.79 Å². The standard InChI is InChI=1S/C24H25NO2/c1-2-21(25-20-12-17-10-6-7-11-18(17)13-20)24-22(26)14-19(15-23(24)27)16-8-4-3-5-9-16/h3-11,19-20,26H,2,12-15H2,1H3. The largest absolute Gasteiger partial charge is 0.511 e. The molecule has 0 fully saturated rings. The fourth-order valence-electron chi connectivity index (χ4n) is 4.36. The van der Waals surface area contributed by atoms with E-state index in [2.05, 4.69) is 24.3 Å². The number of fused-ring (bicyclic) bond motifs is 1. The lowest BCUT2D eigenvalue weighted by atomic mass is 9.81. The van der Waals surface area contributed by atoms with Crippen LogP contribution in [-0.2, 0) is 17.6 Å². The number of rotatable bonds is 4. The maximum atomic E-state index is 12.9. The van der Waals surface area contributed by atoms with Crippen molar-refractivity contribution >= 4 is 11.5 Å². The highest BCUT2D eigenvalue weighted by atomic mass is 16.3. The second-order valence-electron chi connectivity index (χ2n) is 7.52. The summed E-state index contributed by atoms with van der Waals surface area (Å²) in [5, 5.41) is 10.7. The third kappa shape index (κ3) is 3.59. The minimum atomic E-state index is 0.0173. The quantitative estimate of drug-likeness (QED) is 0.784. The van der Waals surface area contributed by atoms with E-state index in [-0.39, 0.29) is 23.5 Å². The molecule has 1 unspecified atom stereocenters. The number of Topliss-reactive ketones (excluding diaryl/α,β-unsaturated/α-hetero) is 1. The average molecular weight is 359 g/mol. The smallest absolute Gasteiger partial charge is 0.168 e. The monoisotopic (exact) mass is 359 g/mol. The van der Waals surface area contributed by atoms with Crippen molar-refractivity contribution in [2.75, 3.05) is 0 Å². The van der Waals surface area contributed by atoms with Crippen LogP contribution in [0.3, 0.4) is 0 Å². The molecule has 2 aliphatic rings. The van der Waals surface area contributed by atoms with Gasteiger partial charge in [0.05, 0.1) is 11.6 Å². The van der Waals surface area contributed by atoms with Crippen LogP contribution in [-0.4, -0.2) is 22.6 Å². The van der Waals surface area contributed by atoms with Crippen LogP contribution in [0.5, 0.6) is 0 Å². The highest BCUT2D eigenvalue weighted by Gasteiger charge is 2.31. The second-order valence-corrected chi connectivity index (χ2v) is 7.52. The van der Waals surface area contributed by atoms with E-state index >= 15 is 0 Å². The molecule has 0 heterocycles. The normalized spacial score (nSPS) is 20.9. The zero-order chi connectivity index (χ0) is 18.8. The molecule has 1 N–H and O–H groups in total. The predicted molar refractivity (Wildman–Crippen MR) is 108 cm³/mol. The fourth-order valence-corrected chi connectivity index (χ4v) is 4.36. The van der Waals surface area contributed by atoms with Crippen LogP contribution in [0, 0.1) is 0 Å². The molecule has 0 saturated heterocycles. The Morgan fingerprint density at radius 2 is 1.59 bits per heavy atom. The molecule has 3 nitrogen and oxygen atoms in total. The molecule has 0 saturated carbocycles. The second kappa shape index (κ2) is 7.51. The van der Waals surface area contributed by atoms with E-state index in [0.717, 1.165) is 24.1 Å². The van der Waals surface area contributed by atoms with E-state index < -0.39 is 0 Å². The Morgan fingerprint density at radius 3 is 2.19 bits per heavy atom. The third-order valence-electron chi connectivity index (χ3n) is 5.70. The van der Waals surface area contributed by atoms with Gasteiger partial charge in [-0.2, -0.15) is 0 Å². The van der Waals surface area contributed by atoms with Crippen molar-refractivity contribution in [3.8, 4) is 0 Å². The number of benzene rings is 2. The van der Waals surface area contributed by atoms with Crippen LogP contribution in [0.2, 0.25) is 0 Å². The first-order valence-electron chi connectivity index (χ1n) is 9.79. The number of carbonyl (C=O) groups is 1. The van der Waals surface area contributed by atoms with Crippen LogP contribution in [0.1, 0.15) is 48.8 Å². The van der Waals surface area contributed by atoms with Crippen LogP contribution >= 0.6 is 0 Å². The Hall–Kier alpha value is -2.68. The Morgan fingerprint density at radius 1 is 0.963 bits per heavy atom. The molecule has 3 heteroatoms. The summed E-state index contributed by atoms with van der Waals surface area (Å²) in [6, 6.07) is 18.6. The zero-order valence-electron chi connectivity index (χ0n) is 15.7. The van der Waals surface area contributed by atoms with E-state index in [0.29, 0.717) is 24.8 Å². The number of nitrogens with zero attached hydrogens (tertiary/aromatic N) is 1. The molecule has 2 aromatic carbocycles. The number of carbonyl (C=O) groups excluding carboxylic acids is 1. The van der Waals surface area contributed by atoms with Gasteiger partial charge in [0.1, 0.15) is 5.76 Å². The summed E-state index contributed by atoms with van der Waals surface area (Å²) in [5.41, 5.74) is 5.04. The van der Waals surface area contributed by atoms with Gasteiger partial charge in [0.15, 0.2) is 5.78 Å². The summed E-state index contributed by atoms with van der Waals surface area (Å²) in [5.74, 6) is 0.274. The number of hydrogen-bond donors (Lipinski definition) is 1. The fraction of sp³-hybridized carbons (Fsp3) is 0.333. The first-order valence-corrected chi connectivity index (χ1v) is 9.79. The summed E-state index contributed by atoms with van der Waals surface area (Å²) in [4.78, 5) is 17.8. The Balaban J connectivity index is 1.58. The first kappa shape index (κ1) is 17.7. The Kier molecular flexibility index (Phi) is 4.93. The van der Waals surface area contributed by atoms with Crippen molar-refractivity contribution in [1.29, 1.82) is 0 Å². The van der Waals surface area contributed by atoms with Gasteiger partial charge >= 0.3 is 0 Å². The van der Waals surface area contributed by atoms with Crippen LogP contribution in [0.4, 0.5) is 0 Å². The van der Waals surface area contributed by atoms with E-state index in [9.17, 15) is 9.90 Å². The molecule has 2 aromatic rings. The van der Waals surface area contributed by atoms with Crippen molar-refractivity contribution < 1.29 is 9.90 Å². The maximum absolute atomic E-state index is 12.9. The van der Waals surface area contributed by atoms with Gasteiger partial charge in [-0.25, -0.2) is 0 Å². The third-order valence-corrected chi connectivity index (χ3v) is 5.70. The van der Waals surface area contributed by atoms with Gasteiger partial charge in [-0.1, -0.05) is 61.5 Å². The van der Waals surface area contributed by atoms with Crippen molar-refractivity contribution in [3.63, 3.8) is 0 Å². The number of allylic oxidation sites excluding steroid dienone is 2. The number of ketones is 1. The lowest BCUT2D eigenvalue weighted by Gasteiger charge is -2.24. The van der Waals surface area contributed by atoms with E-state index in [4.69, 9.17) is 4.99 Å². The van der Waals surface area contributed by atoms with Gasteiger partial charge in [0, 0.05) is 18.6 Å². The van der Waals surface area contributed by atoms with Gasteiger partial charge in [-0.05, 0) is 41.9 Å². The van der Waals surface area contributed by atoms with E-state index in [1.807, 2.05) is 37.3 Å². The van der Waals surface area contributed by atoms with Crippen molar-refractivity contribution in [3.05, 3.63) is 82.6 Å². The molecule has 0 radical (unpaired) electrons. The highest BCUT2D eigenvalue weighted by molar-refractivity contribution is 6.23. The molecular formula is C24H25NO2. The van der Waals surface area contributed by atoms with Crippen LogP contribution in [0.15, 0.2) is 70.9 Å². The molecule has 0 amide bonds. The molecule has 138 valence electrons. The topological polar surface area (TPSA) is 49.7 Å². The lowest BCUT2D eigenvalue weighted by molar-refractivity contribution is -0.116. The van der Waals surface area contributed by atoms with E-state index in [1.54, 1.807) is 0 Å². The lowest BCUT2D eigenvalue weighted by Crippen LogP contribution is -2.24. The maximum Gasteiger partial charge on any atom is 0.168 e. The summed E-state index contributed by atoms with van der Waals surface area (Å²) in [6.45, 7) is 2.01. The van der Waals surface area contributed by atoms with Gasteiger partial charge < -0.3 is 5.11 Å². The number of aliphatic hydroxyl groups is 1. The minimum Gasteiger partial charge on any atom is -0.511 e. The number of hydrogen-bond acceptors (Lipinski definition) is 3. The number of aliphatic hydroxyl groups excluding tert-OH is 1. The first-order chi connectivity index (χ1) is 13.2. The highest BCUT2D eigenvalue weighted by Crippen LogP contribution is 2.35. The molecule has 0 aromatic heterocycles. The average Bonchev–Trinajstić information content (AvgIpc) is 3.09. The van der Waals surface area contributed by atoms with Crippen molar-refractivity contribution in [2.45, 2.75) is 51.0 Å². The number of aliphatic imine (C=N–C) groups is 1. The van der Waals surface area contributed by atoms with Crippen LogP contribution < -0.4 is 0 Å². The molecule has 4 rings (SSSR count). The molecule has 0 bridgehead atoms. The molecule has 0 spiro atoms. The minimum absolute atomic E-state index is 0.0173. The SMILES string of the molecule is CCC(=NC1Cc2ccccc2C1)C1=C(O)CC(c2ccccc2)CC1=O. The van der Waals surface area contributed by atoms with Crippen molar-refractivity contribution in [2.24, 2.45) is 4.99 Å². The predicted octanol–water partition coefficient (Wildman–Crippen LogP) is 4.96. The van der Waals surface area contributed by atoms with Crippen molar-refractivity contribution in [1.82, 2.24) is 0 Å². The summed E-state index contributed by atoms with van der Waals surface area (Å²) < 4.78 is 0. The molecular weight excluding hydrogens is 334 g/mol. The molecule has 0 aliphatic heterocycles. The van der Waals surface area contributed by atoms with Crippen LogP contribution in [0.25, 0.3) is 0 Å². The van der Waals surface area contributed by atoms with Gasteiger partial charge in [0.25, 0.3) is 0 Å². The summed E-state index contributed by atoms with van der Waals surface area (Å²) in [6.07, 6.45) is 3.43. The van der Waals surface area contributed by atoms with Gasteiger partial charge in [-0.15, -0.1) is 0 Å². The van der Waals surface area contributed by atoms with Gasteiger partial charge in [0.2, 0.25) is 0 Å². The molecule has 1 atom stereocenters. The summed E-state index contributed by atoms with van der Waals surface area (Å²) in [7, 11) is 0. The van der Waals surface area contributed by atoms with E-state index in [1.165, 1.54) is 11.1 Å².